The Bertz CT molecular complexity index is 756. The molecule has 0 N–H and O–H groups in total. The Hall–Kier alpha value is -2.72. The van der Waals surface area contributed by atoms with Crippen LogP contribution in [-0.4, -0.2) is 58.6 Å². The van der Waals surface area contributed by atoms with Crippen molar-refractivity contribution in [3.63, 3.8) is 0 Å². The molecular weight excluding hydrogens is 306 g/mol. The van der Waals surface area contributed by atoms with E-state index >= 15 is 0 Å². The Morgan fingerprint density at radius 2 is 2.08 bits per heavy atom. The molecule has 1 aromatic carbocycles. The fraction of sp³-hybridized carbons (Fsp3) is 0.412. The predicted octanol–water partition coefficient (Wildman–Crippen LogP) is 1.25. The summed E-state index contributed by atoms with van der Waals surface area (Å²) in [6.07, 6.45) is 0.721. The van der Waals surface area contributed by atoms with Gasteiger partial charge in [-0.3, -0.25) is 9.69 Å². The van der Waals surface area contributed by atoms with Gasteiger partial charge < -0.3 is 9.32 Å². The van der Waals surface area contributed by atoms with Gasteiger partial charge in [0.25, 0.3) is 5.91 Å². The number of nitrogens with zero attached hydrogens (tertiary/aromatic N) is 5. The molecule has 24 heavy (non-hydrogen) atoms. The summed E-state index contributed by atoms with van der Waals surface area (Å²) in [5.41, 5.74) is 1.08. The summed E-state index contributed by atoms with van der Waals surface area (Å²) in [4.78, 5) is 16.6. The van der Waals surface area contributed by atoms with E-state index in [-0.39, 0.29) is 5.91 Å². The van der Waals surface area contributed by atoms with Crippen LogP contribution in [0.15, 0.2) is 28.7 Å². The highest BCUT2D eigenvalue weighted by Gasteiger charge is 2.22. The van der Waals surface area contributed by atoms with Crippen molar-refractivity contribution in [3.05, 3.63) is 47.2 Å². The van der Waals surface area contributed by atoms with Crippen LogP contribution in [0.4, 0.5) is 0 Å². The minimum Gasteiger partial charge on any atom is -0.426 e. The molecule has 1 aromatic heterocycles. The quantitative estimate of drug-likeness (QED) is 0.841. The van der Waals surface area contributed by atoms with E-state index < -0.39 is 0 Å². The molecule has 0 saturated carbocycles. The summed E-state index contributed by atoms with van der Waals surface area (Å²) in [6, 6.07) is 8.92. The number of aryl methyl sites for hydroxylation is 1. The molecule has 1 fully saturated rings. The minimum absolute atomic E-state index is 0.0146. The second-order valence-electron chi connectivity index (χ2n) is 5.79. The van der Waals surface area contributed by atoms with Gasteiger partial charge in [-0.15, -0.1) is 10.2 Å². The SMILES string of the molecule is Cc1nnc(CCN2CCN(C(=O)c3cccc(C#N)c3)CC2)o1. The molecule has 0 atom stereocenters. The van der Waals surface area contributed by atoms with E-state index in [1.54, 1.807) is 31.2 Å². The summed E-state index contributed by atoms with van der Waals surface area (Å²) in [5.74, 6) is 1.22. The molecule has 1 aliphatic rings. The van der Waals surface area contributed by atoms with Crippen LogP contribution in [0.5, 0.6) is 0 Å². The van der Waals surface area contributed by atoms with Crippen LogP contribution in [0.1, 0.15) is 27.7 Å². The lowest BCUT2D eigenvalue weighted by Crippen LogP contribution is -2.49. The smallest absolute Gasteiger partial charge is 0.253 e. The number of nitriles is 1. The van der Waals surface area contributed by atoms with E-state index in [1.165, 1.54) is 0 Å². The van der Waals surface area contributed by atoms with E-state index in [1.807, 2.05) is 4.90 Å². The Morgan fingerprint density at radius 1 is 1.29 bits per heavy atom. The molecule has 1 amide bonds. The molecule has 124 valence electrons. The van der Waals surface area contributed by atoms with E-state index in [9.17, 15) is 4.79 Å². The molecule has 7 heteroatoms. The van der Waals surface area contributed by atoms with Crippen molar-refractivity contribution >= 4 is 5.91 Å². The fourth-order valence-corrected chi connectivity index (χ4v) is 2.77. The molecule has 1 aliphatic heterocycles. The lowest BCUT2D eigenvalue weighted by Gasteiger charge is -2.34. The second kappa shape index (κ2) is 7.23. The van der Waals surface area contributed by atoms with Crippen molar-refractivity contribution in [2.45, 2.75) is 13.3 Å². The monoisotopic (exact) mass is 325 g/mol. The second-order valence-corrected chi connectivity index (χ2v) is 5.79. The molecule has 2 heterocycles. The van der Waals surface area contributed by atoms with Gasteiger partial charge >= 0.3 is 0 Å². The topological polar surface area (TPSA) is 86.3 Å². The van der Waals surface area contributed by atoms with Crippen LogP contribution >= 0.6 is 0 Å². The van der Waals surface area contributed by atoms with E-state index in [0.717, 1.165) is 26.1 Å². The molecular formula is C17H19N5O2. The van der Waals surface area contributed by atoms with Crippen molar-refractivity contribution in [3.8, 4) is 6.07 Å². The standard InChI is InChI=1S/C17H19N5O2/c1-13-19-20-16(24-13)5-6-21-7-9-22(10-8-21)17(23)15-4-2-3-14(11-15)12-18/h2-4,11H,5-10H2,1H3. The van der Waals surface area contributed by atoms with Gasteiger partial charge in [0.1, 0.15) is 0 Å². The summed E-state index contributed by atoms with van der Waals surface area (Å²) < 4.78 is 5.37. The van der Waals surface area contributed by atoms with Crippen LogP contribution < -0.4 is 0 Å². The normalized spacial score (nSPS) is 15.2. The first-order chi connectivity index (χ1) is 11.7. The molecule has 0 unspecified atom stereocenters. The third-order valence-electron chi connectivity index (χ3n) is 4.11. The first-order valence-corrected chi connectivity index (χ1v) is 7.96. The summed E-state index contributed by atoms with van der Waals surface area (Å²) in [5, 5.41) is 16.8. The maximum absolute atomic E-state index is 12.5. The highest BCUT2D eigenvalue weighted by molar-refractivity contribution is 5.94. The zero-order valence-electron chi connectivity index (χ0n) is 13.6. The highest BCUT2D eigenvalue weighted by Crippen LogP contribution is 2.11. The van der Waals surface area contributed by atoms with Gasteiger partial charge in [0, 0.05) is 51.6 Å². The lowest BCUT2D eigenvalue weighted by atomic mass is 10.1. The minimum atomic E-state index is -0.0146. The average molecular weight is 325 g/mol. The van der Waals surface area contributed by atoms with Crippen LogP contribution in [0.25, 0.3) is 0 Å². The van der Waals surface area contributed by atoms with E-state index in [4.69, 9.17) is 9.68 Å². The molecule has 2 aromatic rings. The van der Waals surface area contributed by atoms with Crippen LogP contribution in [0, 0.1) is 18.3 Å². The third kappa shape index (κ3) is 3.78. The molecule has 0 spiro atoms. The van der Waals surface area contributed by atoms with Gasteiger partial charge in [-0.1, -0.05) is 6.07 Å². The number of hydrogen-bond donors (Lipinski definition) is 0. The Balaban J connectivity index is 1.51. The van der Waals surface area contributed by atoms with Crippen LogP contribution in [0.3, 0.4) is 0 Å². The molecule has 3 rings (SSSR count). The van der Waals surface area contributed by atoms with Crippen molar-refractivity contribution in [2.75, 3.05) is 32.7 Å². The Morgan fingerprint density at radius 3 is 2.75 bits per heavy atom. The Kier molecular flexibility index (Phi) is 4.87. The number of benzene rings is 1. The van der Waals surface area contributed by atoms with Crippen LogP contribution in [-0.2, 0) is 6.42 Å². The first-order valence-electron chi connectivity index (χ1n) is 7.96. The molecule has 0 aliphatic carbocycles. The van der Waals surface area contributed by atoms with Gasteiger partial charge in [0.15, 0.2) is 0 Å². The lowest BCUT2D eigenvalue weighted by molar-refractivity contribution is 0.0636. The number of amides is 1. The third-order valence-corrected chi connectivity index (χ3v) is 4.11. The van der Waals surface area contributed by atoms with Crippen molar-refractivity contribution in [1.29, 1.82) is 5.26 Å². The average Bonchev–Trinajstić information content (AvgIpc) is 3.05. The van der Waals surface area contributed by atoms with Crippen LogP contribution in [0.2, 0.25) is 0 Å². The predicted molar refractivity (Wildman–Crippen MR) is 86.2 cm³/mol. The van der Waals surface area contributed by atoms with Gasteiger partial charge in [-0.2, -0.15) is 5.26 Å². The first kappa shape index (κ1) is 16.1. The summed E-state index contributed by atoms with van der Waals surface area (Å²) in [6.45, 7) is 5.61. The number of rotatable bonds is 4. The number of carbonyl (C=O) groups excluding carboxylic acids is 1. The summed E-state index contributed by atoms with van der Waals surface area (Å²) >= 11 is 0. The van der Waals surface area contributed by atoms with E-state index in [0.29, 0.717) is 36.0 Å². The van der Waals surface area contributed by atoms with Gasteiger partial charge in [-0.25, -0.2) is 0 Å². The zero-order chi connectivity index (χ0) is 16.9. The van der Waals surface area contributed by atoms with Crippen molar-refractivity contribution < 1.29 is 9.21 Å². The zero-order valence-corrected chi connectivity index (χ0v) is 13.6. The number of piperazine rings is 1. The molecule has 1 saturated heterocycles. The maximum atomic E-state index is 12.5. The number of hydrogen-bond acceptors (Lipinski definition) is 6. The molecule has 7 nitrogen and oxygen atoms in total. The van der Waals surface area contributed by atoms with E-state index in [2.05, 4.69) is 21.2 Å². The maximum Gasteiger partial charge on any atom is 0.253 e. The van der Waals surface area contributed by atoms with Gasteiger partial charge in [-0.05, 0) is 18.2 Å². The molecule has 0 radical (unpaired) electrons. The summed E-state index contributed by atoms with van der Waals surface area (Å²) in [7, 11) is 0. The highest BCUT2D eigenvalue weighted by atomic mass is 16.4. The fourth-order valence-electron chi connectivity index (χ4n) is 2.77. The molecule has 0 bridgehead atoms. The van der Waals surface area contributed by atoms with Crippen molar-refractivity contribution in [2.24, 2.45) is 0 Å². The van der Waals surface area contributed by atoms with Gasteiger partial charge in [0.05, 0.1) is 11.6 Å². The Labute approximate surface area is 140 Å². The number of carbonyl (C=O) groups is 1. The largest absolute Gasteiger partial charge is 0.426 e. The van der Waals surface area contributed by atoms with Gasteiger partial charge in [0.2, 0.25) is 11.8 Å². The van der Waals surface area contributed by atoms with Crippen molar-refractivity contribution in [1.82, 2.24) is 20.0 Å². The number of aromatic nitrogens is 2.